The molecule has 120 valence electrons. The zero-order valence-corrected chi connectivity index (χ0v) is 15.0. The molecule has 0 aliphatic rings. The third-order valence-corrected chi connectivity index (χ3v) is 5.11. The Morgan fingerprint density at radius 2 is 2.13 bits per heavy atom. The first kappa shape index (κ1) is 16.2. The second-order valence-corrected chi connectivity index (χ2v) is 7.20. The fraction of sp³-hybridized carbons (Fsp3) is 0.278. The third kappa shape index (κ3) is 4.64. The van der Waals surface area contributed by atoms with Gasteiger partial charge in [-0.3, -0.25) is 4.90 Å². The lowest BCUT2D eigenvalue weighted by atomic mass is 10.2. The molecule has 0 aliphatic heterocycles. The van der Waals surface area contributed by atoms with E-state index in [1.54, 1.807) is 22.7 Å². The number of aryl methyl sites for hydroxylation is 1. The van der Waals surface area contributed by atoms with Crippen LogP contribution in [0.15, 0.2) is 46.5 Å². The van der Waals surface area contributed by atoms with Crippen molar-refractivity contribution in [3.63, 3.8) is 0 Å². The number of thiophene rings is 1. The van der Waals surface area contributed by atoms with Crippen LogP contribution in [0.2, 0.25) is 0 Å². The number of hydrogen-bond donors (Lipinski definition) is 0. The summed E-state index contributed by atoms with van der Waals surface area (Å²) in [5, 5.41) is 7.48. The molecule has 3 rings (SSSR count). The summed E-state index contributed by atoms with van der Waals surface area (Å²) in [6.45, 7) is 4.48. The molecule has 0 radical (unpaired) electrons. The van der Waals surface area contributed by atoms with Crippen LogP contribution >= 0.6 is 22.7 Å². The molecule has 0 bridgehead atoms. The lowest BCUT2D eigenvalue weighted by Gasteiger charge is -2.15. The summed E-state index contributed by atoms with van der Waals surface area (Å²) in [7, 11) is 2.10. The summed E-state index contributed by atoms with van der Waals surface area (Å²) in [5.74, 6) is 0.937. The van der Waals surface area contributed by atoms with Gasteiger partial charge in [0.15, 0.2) is 0 Å². The van der Waals surface area contributed by atoms with E-state index in [0.29, 0.717) is 6.61 Å². The number of thiazole rings is 1. The van der Waals surface area contributed by atoms with Gasteiger partial charge in [0.05, 0.1) is 5.69 Å². The maximum atomic E-state index is 5.80. The van der Waals surface area contributed by atoms with Crippen molar-refractivity contribution in [3.8, 4) is 16.3 Å². The molecule has 0 spiro atoms. The molecule has 0 unspecified atom stereocenters. The van der Waals surface area contributed by atoms with Gasteiger partial charge in [0.25, 0.3) is 0 Å². The van der Waals surface area contributed by atoms with Crippen molar-refractivity contribution in [2.75, 3.05) is 20.2 Å². The molecule has 0 N–H and O–H groups in total. The zero-order chi connectivity index (χ0) is 16.1. The molecule has 3 nitrogen and oxygen atoms in total. The van der Waals surface area contributed by atoms with Crippen LogP contribution in [0, 0.1) is 6.92 Å². The molecule has 2 aromatic heterocycles. The van der Waals surface area contributed by atoms with Crippen molar-refractivity contribution < 1.29 is 4.74 Å². The van der Waals surface area contributed by atoms with Gasteiger partial charge in [-0.2, -0.15) is 11.3 Å². The van der Waals surface area contributed by atoms with Gasteiger partial charge in [-0.25, -0.2) is 4.98 Å². The van der Waals surface area contributed by atoms with Gasteiger partial charge in [-0.15, -0.1) is 11.3 Å². The van der Waals surface area contributed by atoms with Crippen molar-refractivity contribution in [2.45, 2.75) is 13.5 Å². The topological polar surface area (TPSA) is 25.4 Å². The standard InChI is InChI=1S/C18H20N2OS2/c1-14-4-3-5-17(10-14)21-8-7-20(2)11-16-13-23-18(19-16)15-6-9-22-12-15/h3-6,9-10,12-13H,7-8,11H2,1-2H3. The van der Waals surface area contributed by atoms with Crippen molar-refractivity contribution >= 4 is 22.7 Å². The van der Waals surface area contributed by atoms with Crippen LogP contribution in [0.3, 0.4) is 0 Å². The first-order valence-corrected chi connectivity index (χ1v) is 9.38. The molecule has 0 saturated carbocycles. The summed E-state index contributed by atoms with van der Waals surface area (Å²) in [6.07, 6.45) is 0. The van der Waals surface area contributed by atoms with Crippen molar-refractivity contribution in [1.29, 1.82) is 0 Å². The molecule has 23 heavy (non-hydrogen) atoms. The van der Waals surface area contributed by atoms with E-state index in [2.05, 4.69) is 53.2 Å². The predicted octanol–water partition coefficient (Wildman–Crippen LogP) is 4.69. The first-order chi connectivity index (χ1) is 11.2. The fourth-order valence-corrected chi connectivity index (χ4v) is 3.80. The number of nitrogens with zero attached hydrogens (tertiary/aromatic N) is 2. The lowest BCUT2D eigenvalue weighted by molar-refractivity contribution is 0.231. The van der Waals surface area contributed by atoms with Crippen molar-refractivity contribution in [2.24, 2.45) is 0 Å². The molecule has 0 fully saturated rings. The van der Waals surface area contributed by atoms with Gasteiger partial charge in [-0.05, 0) is 43.1 Å². The van der Waals surface area contributed by atoms with E-state index in [9.17, 15) is 0 Å². The average molecular weight is 345 g/mol. The quantitative estimate of drug-likeness (QED) is 0.622. The molecule has 0 aliphatic carbocycles. The monoisotopic (exact) mass is 344 g/mol. The number of likely N-dealkylation sites (N-methyl/N-ethyl adjacent to an activating group) is 1. The molecule has 0 amide bonds. The Labute approximate surface area is 145 Å². The number of ether oxygens (including phenoxy) is 1. The van der Waals surface area contributed by atoms with Crippen molar-refractivity contribution in [3.05, 3.63) is 57.7 Å². The highest BCUT2D eigenvalue weighted by atomic mass is 32.1. The smallest absolute Gasteiger partial charge is 0.124 e. The Morgan fingerprint density at radius 1 is 1.22 bits per heavy atom. The number of benzene rings is 1. The number of rotatable bonds is 7. The van der Waals surface area contributed by atoms with Crippen molar-refractivity contribution in [1.82, 2.24) is 9.88 Å². The van der Waals surface area contributed by atoms with Crippen LogP contribution in [0.5, 0.6) is 5.75 Å². The molecule has 5 heteroatoms. The largest absolute Gasteiger partial charge is 0.492 e. The van der Waals surface area contributed by atoms with E-state index in [-0.39, 0.29) is 0 Å². The zero-order valence-electron chi connectivity index (χ0n) is 13.4. The van der Waals surface area contributed by atoms with E-state index < -0.39 is 0 Å². The molecule has 0 saturated heterocycles. The Hall–Kier alpha value is -1.69. The van der Waals surface area contributed by atoms with Crippen LogP contribution in [0.25, 0.3) is 10.6 Å². The maximum absolute atomic E-state index is 5.80. The van der Waals surface area contributed by atoms with Crippen LogP contribution in [0.1, 0.15) is 11.3 Å². The molecule has 2 heterocycles. The Balaban J connectivity index is 1.47. The third-order valence-electron chi connectivity index (χ3n) is 3.48. The molecular formula is C18H20N2OS2. The van der Waals surface area contributed by atoms with Crippen LogP contribution in [-0.2, 0) is 6.54 Å². The SMILES string of the molecule is Cc1cccc(OCCN(C)Cc2csc(-c3ccsc3)n2)c1. The van der Waals surface area contributed by atoms with E-state index in [1.807, 2.05) is 12.1 Å². The summed E-state index contributed by atoms with van der Waals surface area (Å²) >= 11 is 3.42. The van der Waals surface area contributed by atoms with Gasteiger partial charge in [0, 0.05) is 29.4 Å². The van der Waals surface area contributed by atoms with E-state index >= 15 is 0 Å². The minimum atomic E-state index is 0.682. The predicted molar refractivity (Wildman–Crippen MR) is 98.4 cm³/mol. The number of aromatic nitrogens is 1. The molecule has 0 atom stereocenters. The average Bonchev–Trinajstić information content (AvgIpc) is 3.18. The summed E-state index contributed by atoms with van der Waals surface area (Å²) in [6, 6.07) is 10.3. The summed E-state index contributed by atoms with van der Waals surface area (Å²) < 4.78 is 5.80. The van der Waals surface area contributed by atoms with Crippen LogP contribution in [0.4, 0.5) is 0 Å². The second-order valence-electron chi connectivity index (χ2n) is 5.56. The van der Waals surface area contributed by atoms with E-state index in [4.69, 9.17) is 9.72 Å². The van der Waals surface area contributed by atoms with Gasteiger partial charge in [0.2, 0.25) is 0 Å². The Kier molecular flexibility index (Phi) is 5.43. The summed E-state index contributed by atoms with van der Waals surface area (Å²) in [4.78, 5) is 6.95. The minimum absolute atomic E-state index is 0.682. The highest BCUT2D eigenvalue weighted by Gasteiger charge is 2.07. The number of hydrogen-bond acceptors (Lipinski definition) is 5. The van der Waals surface area contributed by atoms with Crippen LogP contribution < -0.4 is 4.74 Å². The Morgan fingerprint density at radius 3 is 2.91 bits per heavy atom. The molecule has 1 aromatic carbocycles. The lowest BCUT2D eigenvalue weighted by Crippen LogP contribution is -2.24. The van der Waals surface area contributed by atoms with Gasteiger partial charge < -0.3 is 4.74 Å². The van der Waals surface area contributed by atoms with Gasteiger partial charge in [0.1, 0.15) is 17.4 Å². The molecular weight excluding hydrogens is 324 g/mol. The first-order valence-electron chi connectivity index (χ1n) is 7.56. The van der Waals surface area contributed by atoms with Crippen LogP contribution in [-0.4, -0.2) is 30.1 Å². The summed E-state index contributed by atoms with van der Waals surface area (Å²) in [5.41, 5.74) is 3.56. The normalized spacial score (nSPS) is 11.1. The molecule has 3 aromatic rings. The Bertz CT molecular complexity index is 737. The highest BCUT2D eigenvalue weighted by Crippen LogP contribution is 2.26. The van der Waals surface area contributed by atoms with E-state index in [1.165, 1.54) is 11.1 Å². The van der Waals surface area contributed by atoms with Gasteiger partial charge >= 0.3 is 0 Å². The van der Waals surface area contributed by atoms with E-state index in [0.717, 1.165) is 29.5 Å². The fourth-order valence-electron chi connectivity index (χ4n) is 2.28. The maximum Gasteiger partial charge on any atom is 0.124 e. The second kappa shape index (κ2) is 7.73. The van der Waals surface area contributed by atoms with Gasteiger partial charge in [-0.1, -0.05) is 12.1 Å². The highest BCUT2D eigenvalue weighted by molar-refractivity contribution is 7.14. The minimum Gasteiger partial charge on any atom is -0.492 e.